The van der Waals surface area contributed by atoms with Crippen molar-refractivity contribution in [1.29, 1.82) is 0 Å². The van der Waals surface area contributed by atoms with Crippen LogP contribution in [0.5, 0.6) is 0 Å². The quantitative estimate of drug-likeness (QED) is 0.902. The number of halogens is 2. The molecular formula is C13H11Cl2NO3S. The molecule has 0 unspecified atom stereocenters. The Kier molecular flexibility index (Phi) is 4.99. The Hall–Kier alpha value is -1.14. The van der Waals surface area contributed by atoms with E-state index in [0.717, 1.165) is 16.9 Å². The number of benzene rings is 1. The summed E-state index contributed by atoms with van der Waals surface area (Å²) in [5.41, 5.74) is 1.29. The van der Waals surface area contributed by atoms with Gasteiger partial charge in [-0.2, -0.15) is 0 Å². The van der Waals surface area contributed by atoms with Crippen molar-refractivity contribution in [3.8, 4) is 0 Å². The highest BCUT2D eigenvalue weighted by atomic mass is 35.5. The maximum Gasteiger partial charge on any atom is 0.347 e. The van der Waals surface area contributed by atoms with Crippen molar-refractivity contribution in [2.45, 2.75) is 13.0 Å². The summed E-state index contributed by atoms with van der Waals surface area (Å²) < 4.78 is 4.96. The van der Waals surface area contributed by atoms with E-state index in [1.54, 1.807) is 12.1 Å². The maximum absolute atomic E-state index is 11.1. The topological polar surface area (TPSA) is 59.4 Å². The van der Waals surface area contributed by atoms with Crippen molar-refractivity contribution in [2.75, 3.05) is 7.11 Å². The summed E-state index contributed by atoms with van der Waals surface area (Å²) >= 11 is 13.1. The van der Waals surface area contributed by atoms with Crippen molar-refractivity contribution in [2.24, 2.45) is 0 Å². The SMILES string of the molecule is COCc1nc(Cc2ccc(Cl)cc2Cl)sc1C(=O)O. The predicted octanol–water partition coefficient (Wildman–Crippen LogP) is 3.89. The molecule has 2 aromatic rings. The second-order valence-corrected chi connectivity index (χ2v) is 5.96. The van der Waals surface area contributed by atoms with Gasteiger partial charge in [-0.3, -0.25) is 0 Å². The number of ether oxygens (including phenoxy) is 1. The first-order valence-electron chi connectivity index (χ1n) is 5.66. The molecule has 7 heteroatoms. The van der Waals surface area contributed by atoms with Crippen molar-refractivity contribution in [3.63, 3.8) is 0 Å². The molecule has 0 atom stereocenters. The van der Waals surface area contributed by atoms with Gasteiger partial charge in [0.15, 0.2) is 0 Å². The van der Waals surface area contributed by atoms with Gasteiger partial charge in [0.2, 0.25) is 0 Å². The summed E-state index contributed by atoms with van der Waals surface area (Å²) in [5.74, 6) is -0.997. The van der Waals surface area contributed by atoms with Gasteiger partial charge in [-0.25, -0.2) is 9.78 Å². The van der Waals surface area contributed by atoms with Crippen molar-refractivity contribution < 1.29 is 14.6 Å². The monoisotopic (exact) mass is 331 g/mol. The standard InChI is InChI=1S/C13H11Cl2NO3S/c1-19-6-10-12(13(17)18)20-11(16-10)4-7-2-3-8(14)5-9(7)15/h2-3,5H,4,6H2,1H3,(H,17,18). The number of hydrogen-bond donors (Lipinski definition) is 1. The second kappa shape index (κ2) is 6.54. The van der Waals surface area contributed by atoms with Crippen LogP contribution in [-0.2, 0) is 17.8 Å². The van der Waals surface area contributed by atoms with Crippen molar-refractivity contribution in [1.82, 2.24) is 4.98 Å². The first-order chi connectivity index (χ1) is 9.51. The van der Waals surface area contributed by atoms with E-state index in [9.17, 15) is 4.79 Å². The van der Waals surface area contributed by atoms with Gasteiger partial charge in [0.25, 0.3) is 0 Å². The van der Waals surface area contributed by atoms with Gasteiger partial charge in [0.05, 0.1) is 17.3 Å². The Morgan fingerprint density at radius 1 is 1.45 bits per heavy atom. The first-order valence-corrected chi connectivity index (χ1v) is 7.23. The van der Waals surface area contributed by atoms with Crippen molar-refractivity contribution in [3.05, 3.63) is 49.4 Å². The largest absolute Gasteiger partial charge is 0.477 e. The summed E-state index contributed by atoms with van der Waals surface area (Å²) in [4.78, 5) is 15.6. The Morgan fingerprint density at radius 3 is 2.80 bits per heavy atom. The third-order valence-electron chi connectivity index (χ3n) is 2.57. The Balaban J connectivity index is 2.29. The summed E-state index contributed by atoms with van der Waals surface area (Å²) in [6.07, 6.45) is 0.463. The van der Waals surface area contributed by atoms with E-state index >= 15 is 0 Å². The molecule has 0 aliphatic carbocycles. The molecule has 0 spiro atoms. The van der Waals surface area contributed by atoms with Gasteiger partial charge in [0, 0.05) is 23.6 Å². The number of methoxy groups -OCH3 is 1. The molecule has 1 N–H and O–H groups in total. The molecular weight excluding hydrogens is 321 g/mol. The molecule has 4 nitrogen and oxygen atoms in total. The van der Waals surface area contributed by atoms with Gasteiger partial charge in [0.1, 0.15) is 4.88 Å². The van der Waals surface area contributed by atoms with E-state index in [1.807, 2.05) is 6.07 Å². The number of carboxylic acids is 1. The molecule has 1 aromatic carbocycles. The van der Waals surface area contributed by atoms with E-state index in [-0.39, 0.29) is 11.5 Å². The number of rotatable bonds is 5. The van der Waals surface area contributed by atoms with Crippen LogP contribution in [0, 0.1) is 0 Å². The molecule has 1 aromatic heterocycles. The van der Waals surface area contributed by atoms with Crippen LogP contribution in [0.1, 0.15) is 25.9 Å². The average Bonchev–Trinajstić information content (AvgIpc) is 2.76. The van der Waals surface area contributed by atoms with Crippen LogP contribution < -0.4 is 0 Å². The number of nitrogens with zero attached hydrogens (tertiary/aromatic N) is 1. The molecule has 0 saturated heterocycles. The molecule has 0 aliphatic rings. The zero-order valence-electron chi connectivity index (χ0n) is 10.5. The minimum atomic E-state index is -0.997. The second-order valence-electron chi connectivity index (χ2n) is 4.03. The zero-order valence-corrected chi connectivity index (χ0v) is 12.8. The smallest absolute Gasteiger partial charge is 0.347 e. The first kappa shape index (κ1) is 15.3. The summed E-state index contributed by atoms with van der Waals surface area (Å²) in [5, 5.41) is 10.9. The normalized spacial score (nSPS) is 10.8. The highest BCUT2D eigenvalue weighted by Gasteiger charge is 2.17. The van der Waals surface area contributed by atoms with E-state index in [1.165, 1.54) is 7.11 Å². The fourth-order valence-electron chi connectivity index (χ4n) is 1.71. The van der Waals surface area contributed by atoms with Crippen LogP contribution in [0.2, 0.25) is 10.0 Å². The predicted molar refractivity (Wildman–Crippen MR) is 79.1 cm³/mol. The minimum absolute atomic E-state index is 0.173. The highest BCUT2D eigenvalue weighted by Crippen LogP contribution is 2.26. The number of aromatic carboxylic acids is 1. The lowest BCUT2D eigenvalue weighted by Crippen LogP contribution is -1.99. The van der Waals surface area contributed by atoms with Gasteiger partial charge in [-0.1, -0.05) is 29.3 Å². The summed E-state index contributed by atoms with van der Waals surface area (Å²) in [6, 6.07) is 5.20. The van der Waals surface area contributed by atoms with Gasteiger partial charge < -0.3 is 9.84 Å². The van der Waals surface area contributed by atoms with E-state index < -0.39 is 5.97 Å². The number of carbonyl (C=O) groups is 1. The molecule has 0 saturated carbocycles. The maximum atomic E-state index is 11.1. The third kappa shape index (κ3) is 3.49. The van der Waals surface area contributed by atoms with Crippen LogP contribution in [0.25, 0.3) is 0 Å². The molecule has 1 heterocycles. The molecule has 2 rings (SSSR count). The van der Waals surface area contributed by atoms with E-state index in [0.29, 0.717) is 27.2 Å². The Bertz CT molecular complexity index is 643. The molecule has 106 valence electrons. The lowest BCUT2D eigenvalue weighted by atomic mass is 10.1. The summed E-state index contributed by atoms with van der Waals surface area (Å²) in [6.45, 7) is 0.173. The van der Waals surface area contributed by atoms with Crippen LogP contribution >= 0.6 is 34.5 Å². The summed E-state index contributed by atoms with van der Waals surface area (Å²) in [7, 11) is 1.50. The van der Waals surface area contributed by atoms with Crippen LogP contribution in [0.3, 0.4) is 0 Å². The zero-order chi connectivity index (χ0) is 14.7. The number of hydrogen-bond acceptors (Lipinski definition) is 4. The lowest BCUT2D eigenvalue weighted by molar-refractivity contribution is 0.0697. The lowest BCUT2D eigenvalue weighted by Gasteiger charge is -2.02. The average molecular weight is 332 g/mol. The molecule has 0 fully saturated rings. The van der Waals surface area contributed by atoms with E-state index in [2.05, 4.69) is 4.98 Å². The van der Waals surface area contributed by atoms with Crippen LogP contribution in [-0.4, -0.2) is 23.2 Å². The highest BCUT2D eigenvalue weighted by molar-refractivity contribution is 7.13. The van der Waals surface area contributed by atoms with Gasteiger partial charge in [-0.15, -0.1) is 11.3 Å². The molecule has 0 radical (unpaired) electrons. The molecule has 0 amide bonds. The van der Waals surface area contributed by atoms with Crippen LogP contribution in [0.4, 0.5) is 0 Å². The van der Waals surface area contributed by atoms with Crippen molar-refractivity contribution >= 4 is 40.5 Å². The molecule has 0 aliphatic heterocycles. The van der Waals surface area contributed by atoms with Gasteiger partial charge >= 0.3 is 5.97 Å². The third-order valence-corrected chi connectivity index (χ3v) is 4.25. The fourth-order valence-corrected chi connectivity index (χ4v) is 3.11. The minimum Gasteiger partial charge on any atom is -0.477 e. The molecule has 20 heavy (non-hydrogen) atoms. The fraction of sp³-hybridized carbons (Fsp3) is 0.231. The number of thiazole rings is 1. The van der Waals surface area contributed by atoms with Gasteiger partial charge in [-0.05, 0) is 17.7 Å². The number of carboxylic acid groups (broad SMARTS) is 1. The molecule has 0 bridgehead atoms. The van der Waals surface area contributed by atoms with E-state index in [4.69, 9.17) is 33.0 Å². The van der Waals surface area contributed by atoms with Crippen LogP contribution in [0.15, 0.2) is 18.2 Å². The Morgan fingerprint density at radius 2 is 2.20 bits per heavy atom. The number of aromatic nitrogens is 1. The Labute approximate surface area is 129 Å².